The van der Waals surface area contributed by atoms with Crippen molar-refractivity contribution in [2.24, 2.45) is 0 Å². The molecule has 0 amide bonds. The molecule has 0 atom stereocenters. The van der Waals surface area contributed by atoms with Crippen molar-refractivity contribution in [1.29, 1.82) is 0 Å². The molecule has 0 bridgehead atoms. The zero-order valence-electron chi connectivity index (χ0n) is 11.7. The van der Waals surface area contributed by atoms with E-state index >= 15 is 0 Å². The topological polar surface area (TPSA) is 84.2 Å². The minimum absolute atomic E-state index is 0.0810. The molecule has 1 aromatic carbocycles. The Balaban J connectivity index is 1.78. The van der Waals surface area contributed by atoms with Gasteiger partial charge >= 0.3 is 0 Å². The number of aryl methyl sites for hydroxylation is 1. The molecule has 7 heteroatoms. The number of nitrogens with one attached hydrogen (secondary N) is 2. The van der Waals surface area contributed by atoms with E-state index in [1.807, 2.05) is 6.92 Å². The van der Waals surface area contributed by atoms with Crippen LogP contribution in [0.4, 0.5) is 5.69 Å². The van der Waals surface area contributed by atoms with Crippen LogP contribution in [0, 0.1) is 6.92 Å². The zero-order chi connectivity index (χ0) is 14.9. The molecule has 1 heterocycles. The molecule has 6 nitrogen and oxygen atoms in total. The van der Waals surface area contributed by atoms with Crippen molar-refractivity contribution in [3.8, 4) is 0 Å². The second-order valence-electron chi connectivity index (χ2n) is 5.11. The number of hydrogen-bond donors (Lipinski definition) is 2. The first-order chi connectivity index (χ1) is 10.0. The lowest BCUT2D eigenvalue weighted by molar-refractivity contribution is 0.479. The number of anilines is 1. The third-order valence-corrected chi connectivity index (χ3v) is 4.75. The van der Waals surface area contributed by atoms with Crippen LogP contribution in [0.1, 0.15) is 24.5 Å². The monoisotopic (exact) mass is 307 g/mol. The molecule has 2 aromatic rings. The van der Waals surface area contributed by atoms with Crippen LogP contribution in [0.2, 0.25) is 0 Å². The Morgan fingerprint density at radius 1 is 1.33 bits per heavy atom. The van der Waals surface area contributed by atoms with E-state index < -0.39 is 10.0 Å². The van der Waals surface area contributed by atoms with Gasteiger partial charge in [0.1, 0.15) is 10.7 Å². The predicted molar refractivity (Wildman–Crippen MR) is 78.4 cm³/mol. The molecule has 0 saturated heterocycles. The molecular weight excluding hydrogens is 290 g/mol. The Hall–Kier alpha value is -1.86. The summed E-state index contributed by atoms with van der Waals surface area (Å²) in [5.74, 6) is 1.25. The maximum Gasteiger partial charge on any atom is 0.242 e. The molecule has 0 aliphatic heterocycles. The minimum atomic E-state index is -3.49. The highest BCUT2D eigenvalue weighted by atomic mass is 32.2. The molecule has 1 aliphatic carbocycles. The van der Waals surface area contributed by atoms with Crippen LogP contribution >= 0.6 is 0 Å². The van der Waals surface area contributed by atoms with Gasteiger partial charge in [0, 0.05) is 6.04 Å². The Bertz CT molecular complexity index is 735. The number of sulfonamides is 1. The molecule has 0 unspecified atom stereocenters. The van der Waals surface area contributed by atoms with Crippen molar-refractivity contribution in [3.05, 3.63) is 42.1 Å². The fourth-order valence-corrected chi connectivity index (χ4v) is 3.47. The van der Waals surface area contributed by atoms with Gasteiger partial charge in [-0.3, -0.25) is 0 Å². The standard InChI is InChI=1S/C14H17N3O3S/c1-10-8-16-14(20-10)9-15-12-4-2-3-5-13(12)21(18,19)17-11-6-7-11/h2-5,8,11,15,17H,6-7,9H2,1H3. The number of para-hydroxylation sites is 1. The van der Waals surface area contributed by atoms with E-state index in [2.05, 4.69) is 15.0 Å². The van der Waals surface area contributed by atoms with E-state index in [-0.39, 0.29) is 10.9 Å². The molecule has 3 rings (SSSR count). The maximum atomic E-state index is 12.3. The summed E-state index contributed by atoms with van der Waals surface area (Å²) in [6.45, 7) is 2.15. The predicted octanol–water partition coefficient (Wildman–Crippen LogP) is 2.04. The van der Waals surface area contributed by atoms with Gasteiger partial charge in [0.25, 0.3) is 0 Å². The lowest BCUT2D eigenvalue weighted by Crippen LogP contribution is -2.26. The van der Waals surface area contributed by atoms with Crippen molar-refractivity contribution in [3.63, 3.8) is 0 Å². The van der Waals surface area contributed by atoms with E-state index in [0.717, 1.165) is 18.6 Å². The second kappa shape index (κ2) is 5.50. The number of rotatable bonds is 6. The normalized spacial score (nSPS) is 15.1. The SMILES string of the molecule is Cc1cnc(CNc2ccccc2S(=O)(=O)NC2CC2)o1. The molecule has 1 aromatic heterocycles. The van der Waals surface area contributed by atoms with Crippen LogP contribution in [-0.4, -0.2) is 19.4 Å². The first kappa shape index (κ1) is 14.1. The van der Waals surface area contributed by atoms with Gasteiger partial charge in [-0.25, -0.2) is 18.1 Å². The van der Waals surface area contributed by atoms with Gasteiger partial charge in [-0.1, -0.05) is 12.1 Å². The molecule has 2 N–H and O–H groups in total. The zero-order valence-corrected chi connectivity index (χ0v) is 12.5. The summed E-state index contributed by atoms with van der Waals surface area (Å²) in [7, 11) is -3.49. The number of benzene rings is 1. The summed E-state index contributed by atoms with van der Waals surface area (Å²) < 4.78 is 32.7. The molecule has 1 aliphatic rings. The summed E-state index contributed by atoms with van der Waals surface area (Å²) >= 11 is 0. The van der Waals surface area contributed by atoms with Crippen LogP contribution in [-0.2, 0) is 16.6 Å². The number of nitrogens with zero attached hydrogens (tertiary/aromatic N) is 1. The number of aromatic nitrogens is 1. The van der Waals surface area contributed by atoms with E-state index in [1.165, 1.54) is 0 Å². The van der Waals surface area contributed by atoms with Crippen molar-refractivity contribution in [2.75, 3.05) is 5.32 Å². The summed E-state index contributed by atoms with van der Waals surface area (Å²) in [5, 5.41) is 3.07. The van der Waals surface area contributed by atoms with E-state index in [0.29, 0.717) is 18.1 Å². The number of hydrogen-bond acceptors (Lipinski definition) is 5. The Morgan fingerprint density at radius 2 is 2.10 bits per heavy atom. The van der Waals surface area contributed by atoms with Crippen LogP contribution in [0.5, 0.6) is 0 Å². The fourth-order valence-electron chi connectivity index (χ4n) is 1.99. The maximum absolute atomic E-state index is 12.3. The molecule has 0 spiro atoms. The van der Waals surface area contributed by atoms with Gasteiger partial charge in [-0.2, -0.15) is 0 Å². The Labute approximate surface area is 123 Å². The van der Waals surface area contributed by atoms with Crippen molar-refractivity contribution in [2.45, 2.75) is 37.2 Å². The van der Waals surface area contributed by atoms with Gasteiger partial charge in [-0.05, 0) is 31.9 Å². The molecule has 0 radical (unpaired) electrons. The first-order valence-electron chi connectivity index (χ1n) is 6.81. The van der Waals surface area contributed by atoms with Gasteiger partial charge in [0.2, 0.25) is 15.9 Å². The van der Waals surface area contributed by atoms with Crippen LogP contribution in [0.25, 0.3) is 0 Å². The Morgan fingerprint density at radius 3 is 2.76 bits per heavy atom. The molecule has 112 valence electrons. The molecule has 21 heavy (non-hydrogen) atoms. The second-order valence-corrected chi connectivity index (χ2v) is 6.79. The van der Waals surface area contributed by atoms with Gasteiger partial charge in [-0.15, -0.1) is 0 Å². The van der Waals surface area contributed by atoms with Crippen molar-refractivity contribution in [1.82, 2.24) is 9.71 Å². The van der Waals surface area contributed by atoms with E-state index in [4.69, 9.17) is 4.42 Å². The van der Waals surface area contributed by atoms with Crippen molar-refractivity contribution >= 4 is 15.7 Å². The average Bonchev–Trinajstić information content (AvgIpc) is 3.15. The number of oxazole rings is 1. The van der Waals surface area contributed by atoms with Crippen molar-refractivity contribution < 1.29 is 12.8 Å². The van der Waals surface area contributed by atoms with E-state index in [9.17, 15) is 8.42 Å². The molecule has 1 fully saturated rings. The van der Waals surface area contributed by atoms with Crippen LogP contribution in [0.15, 0.2) is 39.8 Å². The first-order valence-corrected chi connectivity index (χ1v) is 8.29. The smallest absolute Gasteiger partial charge is 0.242 e. The highest BCUT2D eigenvalue weighted by Crippen LogP contribution is 2.26. The summed E-state index contributed by atoms with van der Waals surface area (Å²) in [6.07, 6.45) is 3.45. The summed E-state index contributed by atoms with van der Waals surface area (Å²) in [6, 6.07) is 6.91. The lowest BCUT2D eigenvalue weighted by atomic mass is 10.3. The van der Waals surface area contributed by atoms with E-state index in [1.54, 1.807) is 30.5 Å². The van der Waals surface area contributed by atoms with Crippen LogP contribution < -0.4 is 10.0 Å². The lowest BCUT2D eigenvalue weighted by Gasteiger charge is -2.12. The minimum Gasteiger partial charge on any atom is -0.444 e. The molecular formula is C14H17N3O3S. The van der Waals surface area contributed by atoms with Gasteiger partial charge in [0.15, 0.2) is 0 Å². The largest absolute Gasteiger partial charge is 0.444 e. The van der Waals surface area contributed by atoms with Crippen LogP contribution in [0.3, 0.4) is 0 Å². The van der Waals surface area contributed by atoms with Gasteiger partial charge < -0.3 is 9.73 Å². The quantitative estimate of drug-likeness (QED) is 0.853. The molecule has 1 saturated carbocycles. The third-order valence-electron chi connectivity index (χ3n) is 3.17. The summed E-state index contributed by atoms with van der Waals surface area (Å²) in [5.41, 5.74) is 0.543. The third kappa shape index (κ3) is 3.43. The highest BCUT2D eigenvalue weighted by molar-refractivity contribution is 7.89. The fraction of sp³-hybridized carbons (Fsp3) is 0.357. The average molecular weight is 307 g/mol. The Kier molecular flexibility index (Phi) is 3.69. The van der Waals surface area contributed by atoms with Gasteiger partial charge in [0.05, 0.1) is 18.4 Å². The summed E-state index contributed by atoms with van der Waals surface area (Å²) in [4.78, 5) is 4.34. The highest BCUT2D eigenvalue weighted by Gasteiger charge is 2.29.